The summed E-state index contributed by atoms with van der Waals surface area (Å²) in [5, 5.41) is 0. The van der Waals surface area contributed by atoms with E-state index in [4.69, 9.17) is 9.47 Å². The van der Waals surface area contributed by atoms with Gasteiger partial charge in [0.1, 0.15) is 5.82 Å². The van der Waals surface area contributed by atoms with Gasteiger partial charge in [-0.2, -0.15) is 0 Å². The van der Waals surface area contributed by atoms with Gasteiger partial charge in [0.25, 0.3) is 0 Å². The Morgan fingerprint density at radius 3 is 2.81 bits per heavy atom. The van der Waals surface area contributed by atoms with E-state index in [1.54, 1.807) is 12.1 Å². The molecule has 0 bridgehead atoms. The van der Waals surface area contributed by atoms with Crippen LogP contribution in [0, 0.1) is 11.7 Å². The zero-order chi connectivity index (χ0) is 18.0. The molecule has 2 saturated heterocycles. The number of amides is 1. The largest absolute Gasteiger partial charge is 0.378 e. The van der Waals surface area contributed by atoms with Gasteiger partial charge in [-0.15, -0.1) is 0 Å². The maximum Gasteiger partial charge on any atom is 0.226 e. The van der Waals surface area contributed by atoms with Crippen molar-refractivity contribution in [2.24, 2.45) is 5.92 Å². The normalized spacial score (nSPS) is 25.4. The van der Waals surface area contributed by atoms with E-state index in [1.165, 1.54) is 25.0 Å². The van der Waals surface area contributed by atoms with Crippen LogP contribution in [0.1, 0.15) is 44.1 Å². The molecule has 5 heteroatoms. The fourth-order valence-corrected chi connectivity index (χ4v) is 4.13. The maximum atomic E-state index is 13.3. The molecule has 1 amide bonds. The highest BCUT2D eigenvalue weighted by Crippen LogP contribution is 2.37. The van der Waals surface area contributed by atoms with Crippen molar-refractivity contribution < 1.29 is 18.7 Å². The summed E-state index contributed by atoms with van der Waals surface area (Å²) >= 11 is 0. The fourth-order valence-electron chi connectivity index (χ4n) is 4.13. The van der Waals surface area contributed by atoms with Crippen LogP contribution >= 0.6 is 0 Å². The molecule has 26 heavy (non-hydrogen) atoms. The minimum Gasteiger partial charge on any atom is -0.378 e. The van der Waals surface area contributed by atoms with E-state index in [9.17, 15) is 9.18 Å². The molecule has 0 aromatic heterocycles. The Balaban J connectivity index is 1.27. The topological polar surface area (TPSA) is 38.8 Å². The molecule has 1 saturated carbocycles. The first-order valence-electron chi connectivity index (χ1n) is 9.90. The Hall–Kier alpha value is -1.46. The average molecular weight is 361 g/mol. The summed E-state index contributed by atoms with van der Waals surface area (Å²) in [6, 6.07) is 6.30. The Bertz CT molecular complexity index is 638. The lowest BCUT2D eigenvalue weighted by Crippen LogP contribution is -2.52. The molecule has 1 aliphatic carbocycles. The van der Waals surface area contributed by atoms with E-state index in [0.717, 1.165) is 50.4 Å². The Kier molecular flexibility index (Phi) is 5.28. The number of ether oxygens (including phenoxy) is 2. The van der Waals surface area contributed by atoms with Gasteiger partial charge in [0.2, 0.25) is 5.91 Å². The van der Waals surface area contributed by atoms with Gasteiger partial charge in [-0.1, -0.05) is 12.1 Å². The first-order chi connectivity index (χ1) is 12.6. The maximum absolute atomic E-state index is 13.3. The molecule has 0 N–H and O–H groups in total. The standard InChI is InChI=1S/C21H28FNO3/c22-18-3-1-2-17(12-18)13-20(24)23-9-7-21(8-10-23)14-19(6-11-26-21)25-15-16-4-5-16/h1-3,12,16,19H,4-11,13-15H2. The number of halogens is 1. The lowest BCUT2D eigenvalue weighted by Gasteiger charge is -2.46. The van der Waals surface area contributed by atoms with Crippen LogP contribution in [-0.4, -0.2) is 48.8 Å². The highest BCUT2D eigenvalue weighted by atomic mass is 19.1. The molecule has 1 aromatic carbocycles. The number of benzene rings is 1. The molecular formula is C21H28FNO3. The number of hydrogen-bond donors (Lipinski definition) is 0. The third-order valence-electron chi connectivity index (χ3n) is 5.98. The number of hydrogen-bond acceptors (Lipinski definition) is 3. The van der Waals surface area contributed by atoms with E-state index in [1.807, 2.05) is 4.90 Å². The van der Waals surface area contributed by atoms with Crippen LogP contribution in [-0.2, 0) is 20.7 Å². The van der Waals surface area contributed by atoms with Crippen LogP contribution in [0.4, 0.5) is 4.39 Å². The van der Waals surface area contributed by atoms with Crippen molar-refractivity contribution >= 4 is 5.91 Å². The highest BCUT2D eigenvalue weighted by molar-refractivity contribution is 5.78. The smallest absolute Gasteiger partial charge is 0.226 e. The molecule has 1 aromatic rings. The molecule has 2 heterocycles. The van der Waals surface area contributed by atoms with E-state index >= 15 is 0 Å². The van der Waals surface area contributed by atoms with Gasteiger partial charge >= 0.3 is 0 Å². The summed E-state index contributed by atoms with van der Waals surface area (Å²) < 4.78 is 25.6. The van der Waals surface area contributed by atoms with Crippen molar-refractivity contribution in [1.82, 2.24) is 4.90 Å². The summed E-state index contributed by atoms with van der Waals surface area (Å²) in [7, 11) is 0. The molecule has 3 fully saturated rings. The highest BCUT2D eigenvalue weighted by Gasteiger charge is 2.41. The summed E-state index contributed by atoms with van der Waals surface area (Å²) in [6.07, 6.45) is 6.86. The van der Waals surface area contributed by atoms with Gasteiger partial charge in [-0.25, -0.2) is 4.39 Å². The predicted octanol–water partition coefficient (Wildman–Crippen LogP) is 3.34. The van der Waals surface area contributed by atoms with Crippen LogP contribution in [0.3, 0.4) is 0 Å². The van der Waals surface area contributed by atoms with E-state index in [0.29, 0.717) is 19.2 Å². The van der Waals surface area contributed by atoms with Gasteiger partial charge in [-0.05, 0) is 55.7 Å². The number of likely N-dealkylation sites (tertiary alicyclic amines) is 1. The number of nitrogens with zero attached hydrogens (tertiary/aromatic N) is 1. The number of piperidine rings is 1. The van der Waals surface area contributed by atoms with Crippen molar-refractivity contribution in [2.75, 3.05) is 26.3 Å². The second-order valence-corrected chi connectivity index (χ2v) is 8.11. The Labute approximate surface area is 154 Å². The third-order valence-corrected chi connectivity index (χ3v) is 5.98. The van der Waals surface area contributed by atoms with Crippen molar-refractivity contribution in [3.05, 3.63) is 35.6 Å². The van der Waals surface area contributed by atoms with Crippen LogP contribution < -0.4 is 0 Å². The van der Waals surface area contributed by atoms with Crippen LogP contribution in [0.15, 0.2) is 24.3 Å². The third kappa shape index (κ3) is 4.44. The molecule has 142 valence electrons. The number of carbonyl (C=O) groups is 1. The zero-order valence-electron chi connectivity index (χ0n) is 15.3. The Morgan fingerprint density at radius 2 is 2.08 bits per heavy atom. The van der Waals surface area contributed by atoms with Gasteiger partial charge in [0.05, 0.1) is 18.1 Å². The molecule has 0 radical (unpaired) electrons. The van der Waals surface area contributed by atoms with Gasteiger partial charge in [0, 0.05) is 32.7 Å². The fraction of sp³-hybridized carbons (Fsp3) is 0.667. The average Bonchev–Trinajstić information content (AvgIpc) is 3.45. The summed E-state index contributed by atoms with van der Waals surface area (Å²) in [6.45, 7) is 3.08. The van der Waals surface area contributed by atoms with Gasteiger partial charge < -0.3 is 14.4 Å². The second-order valence-electron chi connectivity index (χ2n) is 8.11. The molecule has 1 atom stereocenters. The molecule has 1 unspecified atom stereocenters. The molecule has 3 aliphatic rings. The number of rotatable bonds is 5. The van der Waals surface area contributed by atoms with Crippen molar-refractivity contribution in [3.63, 3.8) is 0 Å². The SMILES string of the molecule is O=C(Cc1cccc(F)c1)N1CCC2(CC1)CC(OCC1CC1)CCO2. The van der Waals surface area contributed by atoms with Crippen LogP contribution in [0.2, 0.25) is 0 Å². The van der Waals surface area contributed by atoms with E-state index < -0.39 is 0 Å². The summed E-state index contributed by atoms with van der Waals surface area (Å²) in [5.41, 5.74) is 0.611. The number of carbonyl (C=O) groups excluding carboxylic acids is 1. The second kappa shape index (κ2) is 7.65. The van der Waals surface area contributed by atoms with Gasteiger partial charge in [0.15, 0.2) is 0 Å². The molecule has 4 rings (SSSR count). The summed E-state index contributed by atoms with van der Waals surface area (Å²) in [4.78, 5) is 14.4. The summed E-state index contributed by atoms with van der Waals surface area (Å²) in [5.74, 6) is 0.569. The monoisotopic (exact) mass is 361 g/mol. The Morgan fingerprint density at radius 1 is 1.27 bits per heavy atom. The van der Waals surface area contributed by atoms with Crippen molar-refractivity contribution in [2.45, 2.75) is 56.7 Å². The molecule has 4 nitrogen and oxygen atoms in total. The first-order valence-corrected chi connectivity index (χ1v) is 9.90. The molecular weight excluding hydrogens is 333 g/mol. The quantitative estimate of drug-likeness (QED) is 0.807. The minimum absolute atomic E-state index is 0.0720. The van der Waals surface area contributed by atoms with Crippen LogP contribution in [0.25, 0.3) is 0 Å². The molecule has 2 aliphatic heterocycles. The minimum atomic E-state index is -0.291. The van der Waals surface area contributed by atoms with E-state index in [-0.39, 0.29) is 23.7 Å². The van der Waals surface area contributed by atoms with Crippen molar-refractivity contribution in [3.8, 4) is 0 Å². The van der Waals surface area contributed by atoms with E-state index in [2.05, 4.69) is 0 Å². The molecule has 1 spiro atoms. The van der Waals surface area contributed by atoms with Gasteiger partial charge in [-0.3, -0.25) is 4.79 Å². The lowest BCUT2D eigenvalue weighted by atomic mass is 9.83. The van der Waals surface area contributed by atoms with Crippen molar-refractivity contribution in [1.29, 1.82) is 0 Å². The lowest BCUT2D eigenvalue weighted by molar-refractivity contribution is -0.161. The predicted molar refractivity (Wildman–Crippen MR) is 96.3 cm³/mol. The first kappa shape index (κ1) is 17.9. The zero-order valence-corrected chi connectivity index (χ0v) is 15.3. The van der Waals surface area contributed by atoms with Crippen LogP contribution in [0.5, 0.6) is 0 Å².